The van der Waals surface area contributed by atoms with Gasteiger partial charge in [0.2, 0.25) is 17.7 Å². The van der Waals surface area contributed by atoms with Gasteiger partial charge in [-0.3, -0.25) is 24.2 Å². The van der Waals surface area contributed by atoms with Crippen LogP contribution in [0.15, 0.2) is 67.0 Å². The molecule has 4 amide bonds. The van der Waals surface area contributed by atoms with Gasteiger partial charge in [0.25, 0.3) is 5.91 Å². The number of rotatable bonds is 13. The van der Waals surface area contributed by atoms with Gasteiger partial charge in [0, 0.05) is 12.7 Å². The standard InChI is InChI=1S/C35H46N6O4/c1-22(2)29(33(44)38-20-26-15-13-23(3)14-16-26)40-31(42)27(18-17-25-11-9-8-10-12-25)39-34(45)30(35(5,6)7)41-32(43)28-21-36-24(4)19-37-28/h8-16,19,21-22,27,29-30H,17-18,20H2,1-7H3,(H,38,44)(H,39,45)(H,40,42)(H,41,43)/t27-,29-,30?/m0/s1. The van der Waals surface area contributed by atoms with E-state index in [4.69, 9.17) is 0 Å². The lowest BCUT2D eigenvalue weighted by atomic mass is 9.85. The summed E-state index contributed by atoms with van der Waals surface area (Å²) in [5.41, 5.74) is 3.11. The lowest BCUT2D eigenvalue weighted by Crippen LogP contribution is -2.60. The smallest absolute Gasteiger partial charge is 0.272 e. The Morgan fingerprint density at radius 1 is 0.756 bits per heavy atom. The zero-order valence-corrected chi connectivity index (χ0v) is 27.3. The molecule has 10 heteroatoms. The minimum Gasteiger partial charge on any atom is -0.350 e. The van der Waals surface area contributed by atoms with E-state index in [9.17, 15) is 19.2 Å². The predicted molar refractivity (Wildman–Crippen MR) is 174 cm³/mol. The van der Waals surface area contributed by atoms with Crippen LogP contribution in [0.1, 0.15) is 73.9 Å². The van der Waals surface area contributed by atoms with Crippen molar-refractivity contribution in [1.29, 1.82) is 0 Å². The van der Waals surface area contributed by atoms with Crippen LogP contribution >= 0.6 is 0 Å². The Hall–Kier alpha value is -4.60. The number of hydrogen-bond donors (Lipinski definition) is 4. The van der Waals surface area contributed by atoms with E-state index in [-0.39, 0.29) is 23.9 Å². The molecule has 0 fully saturated rings. The van der Waals surface area contributed by atoms with Crippen LogP contribution in [0.3, 0.4) is 0 Å². The van der Waals surface area contributed by atoms with Crippen LogP contribution in [0.2, 0.25) is 0 Å². The van der Waals surface area contributed by atoms with Crippen molar-refractivity contribution < 1.29 is 19.2 Å². The van der Waals surface area contributed by atoms with Crippen LogP contribution in [-0.4, -0.2) is 51.7 Å². The molecule has 0 aliphatic heterocycles. The lowest BCUT2D eigenvalue weighted by molar-refractivity contribution is -0.134. The third kappa shape index (κ3) is 10.8. The minimum atomic E-state index is -0.987. The highest BCUT2D eigenvalue weighted by atomic mass is 16.2. The number of nitrogens with zero attached hydrogens (tertiary/aromatic N) is 2. The first-order valence-electron chi connectivity index (χ1n) is 15.3. The maximum absolute atomic E-state index is 13.8. The van der Waals surface area contributed by atoms with Crippen molar-refractivity contribution in [2.45, 2.75) is 86.0 Å². The van der Waals surface area contributed by atoms with Crippen molar-refractivity contribution in [2.75, 3.05) is 0 Å². The summed E-state index contributed by atoms with van der Waals surface area (Å²) in [7, 11) is 0. The third-order valence-corrected chi connectivity index (χ3v) is 7.45. The molecule has 3 rings (SSSR count). The average molecular weight is 615 g/mol. The zero-order valence-electron chi connectivity index (χ0n) is 27.3. The molecular formula is C35H46N6O4. The van der Waals surface area contributed by atoms with Crippen LogP contribution in [0.25, 0.3) is 0 Å². The number of benzene rings is 2. The molecule has 45 heavy (non-hydrogen) atoms. The fourth-order valence-corrected chi connectivity index (χ4v) is 4.66. The Morgan fingerprint density at radius 2 is 1.42 bits per heavy atom. The molecule has 4 N–H and O–H groups in total. The highest BCUT2D eigenvalue weighted by Crippen LogP contribution is 2.21. The van der Waals surface area contributed by atoms with Crippen molar-refractivity contribution in [3.63, 3.8) is 0 Å². The monoisotopic (exact) mass is 614 g/mol. The summed E-state index contributed by atoms with van der Waals surface area (Å²) in [6.07, 6.45) is 3.63. The van der Waals surface area contributed by atoms with E-state index < -0.39 is 41.3 Å². The first-order valence-corrected chi connectivity index (χ1v) is 15.3. The number of aryl methyl sites for hydroxylation is 3. The third-order valence-electron chi connectivity index (χ3n) is 7.45. The molecule has 0 aliphatic rings. The molecule has 0 saturated carbocycles. The van der Waals surface area contributed by atoms with E-state index in [1.54, 1.807) is 6.92 Å². The lowest BCUT2D eigenvalue weighted by Gasteiger charge is -2.32. The van der Waals surface area contributed by atoms with Gasteiger partial charge < -0.3 is 21.3 Å². The number of carbonyl (C=O) groups excluding carboxylic acids is 4. The second-order valence-electron chi connectivity index (χ2n) is 12.8. The number of amides is 4. The summed E-state index contributed by atoms with van der Waals surface area (Å²) in [6.45, 7) is 13.3. The second kappa shape index (κ2) is 15.9. The van der Waals surface area contributed by atoms with Gasteiger partial charge in [-0.05, 0) is 49.1 Å². The van der Waals surface area contributed by atoms with Gasteiger partial charge in [0.15, 0.2) is 0 Å². The fourth-order valence-electron chi connectivity index (χ4n) is 4.66. The number of nitrogens with one attached hydrogen (secondary N) is 4. The van der Waals surface area contributed by atoms with Gasteiger partial charge in [-0.1, -0.05) is 94.8 Å². The van der Waals surface area contributed by atoms with E-state index in [2.05, 4.69) is 31.2 Å². The van der Waals surface area contributed by atoms with Gasteiger partial charge in [-0.25, -0.2) is 4.98 Å². The van der Waals surface area contributed by atoms with Gasteiger partial charge in [-0.15, -0.1) is 0 Å². The van der Waals surface area contributed by atoms with Crippen LogP contribution in [-0.2, 0) is 27.3 Å². The number of carbonyl (C=O) groups is 4. The Balaban J connectivity index is 1.78. The zero-order chi connectivity index (χ0) is 33.1. The number of aromatic nitrogens is 2. The molecule has 240 valence electrons. The molecule has 1 heterocycles. The highest BCUT2D eigenvalue weighted by molar-refractivity contribution is 5.98. The summed E-state index contributed by atoms with van der Waals surface area (Å²) in [6, 6.07) is 14.7. The Bertz CT molecular complexity index is 1430. The molecule has 0 aliphatic carbocycles. The molecular weight excluding hydrogens is 568 g/mol. The summed E-state index contributed by atoms with van der Waals surface area (Å²) in [5.74, 6) is -2.07. The molecule has 10 nitrogen and oxygen atoms in total. The largest absolute Gasteiger partial charge is 0.350 e. The molecule has 1 unspecified atom stereocenters. The first kappa shape index (κ1) is 34.9. The van der Waals surface area contributed by atoms with Crippen molar-refractivity contribution in [3.05, 3.63) is 95.1 Å². The molecule has 0 spiro atoms. The maximum Gasteiger partial charge on any atom is 0.272 e. The first-order chi connectivity index (χ1) is 21.2. The van der Waals surface area contributed by atoms with E-state index >= 15 is 0 Å². The molecule has 0 bridgehead atoms. The topological polar surface area (TPSA) is 142 Å². The van der Waals surface area contributed by atoms with Crippen LogP contribution in [0.5, 0.6) is 0 Å². The Labute approximate surface area is 266 Å². The molecule has 2 aromatic carbocycles. The molecule has 3 aromatic rings. The predicted octanol–water partition coefficient (Wildman–Crippen LogP) is 3.81. The minimum absolute atomic E-state index is 0.0810. The highest BCUT2D eigenvalue weighted by Gasteiger charge is 2.36. The molecule has 3 atom stereocenters. The van der Waals surface area contributed by atoms with Crippen LogP contribution in [0.4, 0.5) is 0 Å². The fraction of sp³-hybridized carbons (Fsp3) is 0.429. The molecule has 1 aromatic heterocycles. The number of hydrogen-bond acceptors (Lipinski definition) is 6. The van der Waals surface area contributed by atoms with E-state index in [0.717, 1.165) is 16.7 Å². The van der Waals surface area contributed by atoms with Gasteiger partial charge in [0.1, 0.15) is 23.8 Å². The van der Waals surface area contributed by atoms with E-state index in [1.165, 1.54) is 12.4 Å². The quantitative estimate of drug-likeness (QED) is 0.231. The summed E-state index contributed by atoms with van der Waals surface area (Å²) in [4.78, 5) is 62.0. The van der Waals surface area contributed by atoms with Gasteiger partial charge >= 0.3 is 0 Å². The Morgan fingerprint density at radius 3 is 2.00 bits per heavy atom. The summed E-state index contributed by atoms with van der Waals surface area (Å²) in [5, 5.41) is 11.5. The van der Waals surface area contributed by atoms with Crippen molar-refractivity contribution >= 4 is 23.6 Å². The average Bonchev–Trinajstić information content (AvgIpc) is 3.00. The van der Waals surface area contributed by atoms with Crippen LogP contribution in [0, 0.1) is 25.2 Å². The SMILES string of the molecule is Cc1ccc(CNC(=O)[C@@H](NC(=O)[C@H](CCc2ccccc2)NC(=O)C(NC(=O)c2cnc(C)cn2)C(C)(C)C)C(C)C)cc1. The summed E-state index contributed by atoms with van der Waals surface area (Å²) >= 11 is 0. The van der Waals surface area contributed by atoms with Crippen molar-refractivity contribution in [2.24, 2.45) is 11.3 Å². The van der Waals surface area contributed by atoms with Crippen molar-refractivity contribution in [3.8, 4) is 0 Å². The maximum atomic E-state index is 13.8. The van der Waals surface area contributed by atoms with E-state index in [1.807, 2.05) is 96.1 Å². The van der Waals surface area contributed by atoms with Gasteiger partial charge in [-0.2, -0.15) is 0 Å². The van der Waals surface area contributed by atoms with E-state index in [0.29, 0.717) is 18.7 Å². The van der Waals surface area contributed by atoms with Gasteiger partial charge in [0.05, 0.1) is 11.9 Å². The second-order valence-corrected chi connectivity index (χ2v) is 12.8. The molecule has 0 radical (unpaired) electrons. The van der Waals surface area contributed by atoms with Crippen LogP contribution < -0.4 is 21.3 Å². The normalized spacial score (nSPS) is 13.3. The Kier molecular flexibility index (Phi) is 12.3. The molecule has 0 saturated heterocycles. The van der Waals surface area contributed by atoms with Crippen molar-refractivity contribution in [1.82, 2.24) is 31.2 Å². The summed E-state index contributed by atoms with van der Waals surface area (Å²) < 4.78 is 0.